The van der Waals surface area contributed by atoms with E-state index in [4.69, 9.17) is 0 Å². The van der Waals surface area contributed by atoms with Gasteiger partial charge in [-0.2, -0.15) is 0 Å². The average Bonchev–Trinajstić information content (AvgIpc) is 2.48. The van der Waals surface area contributed by atoms with Gasteiger partial charge in [0.05, 0.1) is 0 Å². The second-order valence-corrected chi connectivity index (χ2v) is 6.23. The minimum Gasteiger partial charge on any atom is -0.379 e. The normalized spacial score (nSPS) is 12.3. The van der Waals surface area contributed by atoms with Crippen molar-refractivity contribution in [3.63, 3.8) is 0 Å². The van der Waals surface area contributed by atoms with Crippen LogP contribution in [0.15, 0.2) is 66.7 Å². The monoisotopic (exact) mass is 373 g/mol. The van der Waals surface area contributed by atoms with Gasteiger partial charge in [-0.3, -0.25) is 0 Å². The van der Waals surface area contributed by atoms with Gasteiger partial charge in [-0.15, -0.1) is 0 Å². The summed E-state index contributed by atoms with van der Waals surface area (Å²) in [6.45, 7) is 2.19. The van der Waals surface area contributed by atoms with E-state index in [1.54, 1.807) is 0 Å². The molecule has 0 spiro atoms. The van der Waals surface area contributed by atoms with Crippen LogP contribution in [0.2, 0.25) is 0 Å². The summed E-state index contributed by atoms with van der Waals surface area (Å²) in [5, 5.41) is 6.12. The molecule has 0 radical (unpaired) electrons. The maximum atomic E-state index is 3.57. The first-order chi connectivity index (χ1) is 9.72. The molecule has 0 saturated carbocycles. The van der Waals surface area contributed by atoms with Crippen molar-refractivity contribution in [3.8, 4) is 0 Å². The van der Waals surface area contributed by atoms with Crippen molar-refractivity contribution >= 4 is 39.1 Å². The van der Waals surface area contributed by atoms with Crippen molar-refractivity contribution in [3.05, 3.63) is 75.9 Å². The Bertz CT molecular complexity index is 719. The third-order valence-corrected chi connectivity index (χ3v) is 4.22. The molecule has 1 nitrogen and oxygen atoms in total. The Hall–Kier alpha value is -1.55. The number of hydrogen-bond donors (Lipinski definition) is 1. The van der Waals surface area contributed by atoms with Crippen molar-refractivity contribution in [1.82, 2.24) is 0 Å². The van der Waals surface area contributed by atoms with Gasteiger partial charge in [-0.25, -0.2) is 0 Å². The number of anilines is 1. The smallest absolute Gasteiger partial charge is 0.0485 e. The highest BCUT2D eigenvalue weighted by atomic mass is 127. The van der Waals surface area contributed by atoms with Gasteiger partial charge in [0.25, 0.3) is 0 Å². The van der Waals surface area contributed by atoms with Gasteiger partial charge in [-0.05, 0) is 70.1 Å². The van der Waals surface area contributed by atoms with Crippen LogP contribution in [-0.4, -0.2) is 0 Å². The number of rotatable bonds is 3. The fourth-order valence-corrected chi connectivity index (χ4v) is 2.72. The molecule has 1 unspecified atom stereocenters. The zero-order valence-electron chi connectivity index (χ0n) is 11.3. The number of nitrogens with one attached hydrogen (secondary N) is 1. The fourth-order valence-electron chi connectivity index (χ4n) is 2.36. The second kappa shape index (κ2) is 5.83. The van der Waals surface area contributed by atoms with Crippen LogP contribution in [0.4, 0.5) is 5.69 Å². The number of fused-ring (bicyclic) bond motifs is 1. The van der Waals surface area contributed by atoms with Crippen molar-refractivity contribution in [2.24, 2.45) is 0 Å². The highest BCUT2D eigenvalue weighted by Gasteiger charge is 2.05. The molecular weight excluding hydrogens is 357 g/mol. The van der Waals surface area contributed by atoms with Crippen molar-refractivity contribution < 1.29 is 0 Å². The summed E-state index contributed by atoms with van der Waals surface area (Å²) in [5.74, 6) is 0. The molecule has 2 heteroatoms. The van der Waals surface area contributed by atoms with Gasteiger partial charge in [-0.1, -0.05) is 42.5 Å². The average molecular weight is 373 g/mol. The molecule has 0 fully saturated rings. The van der Waals surface area contributed by atoms with E-state index < -0.39 is 0 Å². The third-order valence-electron chi connectivity index (χ3n) is 3.50. The van der Waals surface area contributed by atoms with Crippen molar-refractivity contribution in [2.75, 3.05) is 5.32 Å². The Labute approximate surface area is 133 Å². The van der Waals surface area contributed by atoms with E-state index in [1.807, 2.05) is 0 Å². The summed E-state index contributed by atoms with van der Waals surface area (Å²) in [5.41, 5.74) is 2.47. The third kappa shape index (κ3) is 2.96. The van der Waals surface area contributed by atoms with E-state index in [0.29, 0.717) is 6.04 Å². The van der Waals surface area contributed by atoms with Crippen LogP contribution in [0.25, 0.3) is 10.8 Å². The first kappa shape index (κ1) is 13.4. The second-order valence-electron chi connectivity index (χ2n) is 4.98. The SMILES string of the molecule is CC(Nc1ccc2ccccc2c1)c1ccc(I)cc1. The predicted octanol–water partition coefficient (Wildman–Crippen LogP) is 5.62. The first-order valence-electron chi connectivity index (χ1n) is 6.73. The minimum atomic E-state index is 0.299. The van der Waals surface area contributed by atoms with E-state index >= 15 is 0 Å². The summed E-state index contributed by atoms with van der Waals surface area (Å²) in [6, 6.07) is 23.9. The van der Waals surface area contributed by atoms with E-state index in [2.05, 4.69) is 102 Å². The van der Waals surface area contributed by atoms with Crippen LogP contribution in [-0.2, 0) is 0 Å². The molecule has 0 saturated heterocycles. The predicted molar refractivity (Wildman–Crippen MR) is 95.1 cm³/mol. The largest absolute Gasteiger partial charge is 0.379 e. The van der Waals surface area contributed by atoms with Crippen LogP contribution >= 0.6 is 22.6 Å². The Kier molecular flexibility index (Phi) is 3.92. The summed E-state index contributed by atoms with van der Waals surface area (Å²) < 4.78 is 1.27. The van der Waals surface area contributed by atoms with Crippen molar-refractivity contribution in [1.29, 1.82) is 0 Å². The Morgan fingerprint density at radius 2 is 1.55 bits per heavy atom. The molecule has 3 aromatic carbocycles. The van der Waals surface area contributed by atoms with E-state index in [9.17, 15) is 0 Å². The van der Waals surface area contributed by atoms with Crippen LogP contribution in [0, 0.1) is 3.57 Å². The molecule has 0 aliphatic carbocycles. The van der Waals surface area contributed by atoms with Crippen LogP contribution in [0.3, 0.4) is 0 Å². The standard InChI is InChI=1S/C18H16IN/c1-13(14-6-9-17(19)10-7-14)20-18-11-8-15-4-2-3-5-16(15)12-18/h2-13,20H,1H3. The van der Waals surface area contributed by atoms with E-state index in [-0.39, 0.29) is 0 Å². The molecule has 0 bridgehead atoms. The highest BCUT2D eigenvalue weighted by Crippen LogP contribution is 2.23. The molecule has 0 aliphatic rings. The van der Waals surface area contributed by atoms with Crippen LogP contribution in [0.1, 0.15) is 18.5 Å². The molecular formula is C18H16IN. The molecule has 20 heavy (non-hydrogen) atoms. The summed E-state index contributed by atoms with van der Waals surface area (Å²) >= 11 is 2.33. The molecule has 0 aliphatic heterocycles. The van der Waals surface area contributed by atoms with Crippen LogP contribution < -0.4 is 5.32 Å². The molecule has 1 atom stereocenters. The summed E-state index contributed by atoms with van der Waals surface area (Å²) in [6.07, 6.45) is 0. The lowest BCUT2D eigenvalue weighted by Crippen LogP contribution is -2.06. The Balaban J connectivity index is 1.83. The quantitative estimate of drug-likeness (QED) is 0.588. The number of halogens is 1. The van der Waals surface area contributed by atoms with Gasteiger partial charge in [0, 0.05) is 15.3 Å². The highest BCUT2D eigenvalue weighted by molar-refractivity contribution is 14.1. The first-order valence-corrected chi connectivity index (χ1v) is 7.81. The molecule has 3 rings (SSSR count). The Morgan fingerprint density at radius 1 is 0.850 bits per heavy atom. The maximum absolute atomic E-state index is 3.57. The maximum Gasteiger partial charge on any atom is 0.0485 e. The lowest BCUT2D eigenvalue weighted by molar-refractivity contribution is 0.885. The molecule has 0 heterocycles. The van der Waals surface area contributed by atoms with Gasteiger partial charge in [0.1, 0.15) is 0 Å². The van der Waals surface area contributed by atoms with Gasteiger partial charge in [0.2, 0.25) is 0 Å². The molecule has 100 valence electrons. The topological polar surface area (TPSA) is 12.0 Å². The van der Waals surface area contributed by atoms with E-state index in [1.165, 1.54) is 19.9 Å². The van der Waals surface area contributed by atoms with Gasteiger partial charge >= 0.3 is 0 Å². The molecule has 1 N–H and O–H groups in total. The zero-order chi connectivity index (χ0) is 13.9. The number of hydrogen-bond acceptors (Lipinski definition) is 1. The molecule has 0 amide bonds. The Morgan fingerprint density at radius 3 is 2.30 bits per heavy atom. The van der Waals surface area contributed by atoms with Gasteiger partial charge < -0.3 is 5.32 Å². The number of benzene rings is 3. The lowest BCUT2D eigenvalue weighted by Gasteiger charge is -2.16. The summed E-state index contributed by atoms with van der Waals surface area (Å²) in [7, 11) is 0. The summed E-state index contributed by atoms with van der Waals surface area (Å²) in [4.78, 5) is 0. The van der Waals surface area contributed by atoms with E-state index in [0.717, 1.165) is 5.69 Å². The molecule has 0 aromatic heterocycles. The fraction of sp³-hybridized carbons (Fsp3) is 0.111. The van der Waals surface area contributed by atoms with Gasteiger partial charge in [0.15, 0.2) is 0 Å². The minimum absolute atomic E-state index is 0.299. The zero-order valence-corrected chi connectivity index (χ0v) is 13.5. The van der Waals surface area contributed by atoms with Crippen molar-refractivity contribution in [2.45, 2.75) is 13.0 Å². The lowest BCUT2D eigenvalue weighted by atomic mass is 10.1. The van der Waals surface area contributed by atoms with Crippen LogP contribution in [0.5, 0.6) is 0 Å². The molecule has 3 aromatic rings.